The summed E-state index contributed by atoms with van der Waals surface area (Å²) in [6.07, 6.45) is 0. The Labute approximate surface area is 154 Å². The summed E-state index contributed by atoms with van der Waals surface area (Å²) < 4.78 is 19.6. The SMILES string of the molecule is CCOc1nn(C(=O)NSc2cc(OC)ccc2OC)c(=O)n1OCC. The van der Waals surface area contributed by atoms with Crippen LogP contribution in [0.3, 0.4) is 0 Å². The van der Waals surface area contributed by atoms with Crippen molar-refractivity contribution in [2.75, 3.05) is 27.4 Å². The van der Waals surface area contributed by atoms with Gasteiger partial charge >= 0.3 is 17.7 Å². The molecule has 11 heteroatoms. The number of amides is 1. The molecule has 2 aromatic rings. The first-order valence-electron chi connectivity index (χ1n) is 7.73. The number of hydrogen-bond donors (Lipinski definition) is 1. The van der Waals surface area contributed by atoms with Gasteiger partial charge in [0.25, 0.3) is 0 Å². The monoisotopic (exact) mass is 384 g/mol. The Morgan fingerprint density at radius 1 is 1.23 bits per heavy atom. The van der Waals surface area contributed by atoms with Crippen molar-refractivity contribution in [3.05, 3.63) is 28.7 Å². The minimum absolute atomic E-state index is 0.0986. The maximum Gasteiger partial charge on any atom is 0.391 e. The van der Waals surface area contributed by atoms with Gasteiger partial charge in [0.15, 0.2) is 0 Å². The Morgan fingerprint density at radius 3 is 2.62 bits per heavy atom. The minimum Gasteiger partial charge on any atom is -0.497 e. The molecule has 0 spiro atoms. The van der Waals surface area contributed by atoms with E-state index in [0.29, 0.717) is 21.1 Å². The van der Waals surface area contributed by atoms with Gasteiger partial charge in [-0.05, 0) is 44.0 Å². The minimum atomic E-state index is -0.772. The number of methoxy groups -OCH3 is 2. The van der Waals surface area contributed by atoms with Crippen LogP contribution in [0.25, 0.3) is 0 Å². The van der Waals surface area contributed by atoms with Gasteiger partial charge in [0.1, 0.15) is 18.1 Å². The van der Waals surface area contributed by atoms with Crippen molar-refractivity contribution in [2.24, 2.45) is 0 Å². The lowest BCUT2D eigenvalue weighted by Crippen LogP contribution is -2.36. The van der Waals surface area contributed by atoms with Crippen LogP contribution in [0.15, 0.2) is 27.9 Å². The fourth-order valence-electron chi connectivity index (χ4n) is 1.93. The number of carbonyl (C=O) groups is 1. The Hall–Kier alpha value is -2.82. The predicted molar refractivity (Wildman–Crippen MR) is 94.1 cm³/mol. The maximum atomic E-state index is 12.3. The fourth-order valence-corrected chi connectivity index (χ4v) is 2.64. The van der Waals surface area contributed by atoms with Gasteiger partial charge in [-0.15, -0.1) is 9.78 Å². The average molecular weight is 384 g/mol. The maximum absolute atomic E-state index is 12.3. The zero-order chi connectivity index (χ0) is 19.1. The topological polar surface area (TPSA) is 106 Å². The number of carbonyl (C=O) groups excluding carboxylic acids is 1. The second kappa shape index (κ2) is 9.04. The van der Waals surface area contributed by atoms with Crippen molar-refractivity contribution in [2.45, 2.75) is 18.7 Å². The molecule has 1 heterocycles. The number of aromatic nitrogens is 3. The Bertz CT molecular complexity index is 819. The molecule has 0 fully saturated rings. The van der Waals surface area contributed by atoms with Crippen molar-refractivity contribution in [3.8, 4) is 17.5 Å². The first kappa shape index (κ1) is 19.5. The van der Waals surface area contributed by atoms with Crippen molar-refractivity contribution >= 4 is 18.0 Å². The van der Waals surface area contributed by atoms with Crippen LogP contribution in [0.4, 0.5) is 4.79 Å². The zero-order valence-corrected chi connectivity index (χ0v) is 15.7. The average Bonchev–Trinajstić information content (AvgIpc) is 2.96. The van der Waals surface area contributed by atoms with Crippen molar-refractivity contribution in [3.63, 3.8) is 0 Å². The molecule has 0 atom stereocenters. The first-order chi connectivity index (χ1) is 12.5. The Kier molecular flexibility index (Phi) is 6.78. The number of rotatable bonds is 8. The molecule has 0 saturated carbocycles. The number of nitrogens with zero attached hydrogens (tertiary/aromatic N) is 3. The molecule has 1 amide bonds. The highest BCUT2D eigenvalue weighted by Crippen LogP contribution is 2.31. The van der Waals surface area contributed by atoms with E-state index in [-0.39, 0.29) is 19.2 Å². The highest BCUT2D eigenvalue weighted by atomic mass is 32.2. The molecule has 1 N–H and O–H groups in total. The van der Waals surface area contributed by atoms with Gasteiger partial charge in [0, 0.05) is 0 Å². The van der Waals surface area contributed by atoms with E-state index in [9.17, 15) is 9.59 Å². The second-order valence-electron chi connectivity index (χ2n) is 4.65. The summed E-state index contributed by atoms with van der Waals surface area (Å²) in [5.74, 6) is 1.14. The van der Waals surface area contributed by atoms with Crippen LogP contribution in [0.5, 0.6) is 17.5 Å². The summed E-state index contributed by atoms with van der Waals surface area (Å²) >= 11 is 0.959. The van der Waals surface area contributed by atoms with Crippen molar-refractivity contribution < 1.29 is 23.8 Å². The number of hydrogen-bond acceptors (Lipinski definition) is 8. The number of benzene rings is 1. The largest absolute Gasteiger partial charge is 0.497 e. The molecule has 0 aliphatic carbocycles. The molecule has 0 aliphatic rings. The fraction of sp³-hybridized carbons (Fsp3) is 0.400. The van der Waals surface area contributed by atoms with Gasteiger partial charge in [-0.25, -0.2) is 9.59 Å². The first-order valence-corrected chi connectivity index (χ1v) is 8.54. The van der Waals surface area contributed by atoms with Gasteiger partial charge in [0.2, 0.25) is 0 Å². The highest BCUT2D eigenvalue weighted by molar-refractivity contribution is 7.98. The zero-order valence-electron chi connectivity index (χ0n) is 14.8. The third-order valence-electron chi connectivity index (χ3n) is 3.06. The second-order valence-corrected chi connectivity index (χ2v) is 5.50. The molecule has 10 nitrogen and oxygen atoms in total. The van der Waals surface area contributed by atoms with Crippen molar-refractivity contribution in [1.82, 2.24) is 19.2 Å². The molecule has 0 unspecified atom stereocenters. The van der Waals surface area contributed by atoms with E-state index in [1.165, 1.54) is 14.2 Å². The summed E-state index contributed by atoms with van der Waals surface area (Å²) in [6, 6.07) is 4.27. The molecule has 0 aliphatic heterocycles. The van der Waals surface area contributed by atoms with Gasteiger partial charge in [-0.3, -0.25) is 4.72 Å². The van der Waals surface area contributed by atoms with Crippen LogP contribution in [-0.4, -0.2) is 48.0 Å². The van der Waals surface area contributed by atoms with Gasteiger partial charge in [0.05, 0.1) is 25.7 Å². The molecule has 1 aromatic heterocycles. The van der Waals surface area contributed by atoms with Crippen molar-refractivity contribution in [1.29, 1.82) is 0 Å². The third-order valence-corrected chi connectivity index (χ3v) is 3.87. The van der Waals surface area contributed by atoms with Gasteiger partial charge in [-0.2, -0.15) is 0 Å². The van der Waals surface area contributed by atoms with Gasteiger partial charge in [-0.1, -0.05) is 4.73 Å². The normalized spacial score (nSPS) is 10.3. The summed E-state index contributed by atoms with van der Waals surface area (Å²) in [7, 11) is 3.04. The van der Waals surface area contributed by atoms with Crippen LogP contribution in [0.1, 0.15) is 13.8 Å². The lowest BCUT2D eigenvalue weighted by Gasteiger charge is -2.10. The van der Waals surface area contributed by atoms with E-state index in [2.05, 4.69) is 9.82 Å². The summed E-state index contributed by atoms with van der Waals surface area (Å²) in [5.41, 5.74) is -0.772. The predicted octanol–water partition coefficient (Wildman–Crippen LogP) is 1.17. The van der Waals surface area contributed by atoms with E-state index in [1.807, 2.05) is 0 Å². The lowest BCUT2D eigenvalue weighted by molar-refractivity contribution is 0.0859. The Morgan fingerprint density at radius 2 is 2.00 bits per heavy atom. The van der Waals surface area contributed by atoms with E-state index in [4.69, 9.17) is 19.0 Å². The summed E-state index contributed by atoms with van der Waals surface area (Å²) in [5, 5.41) is 3.85. The lowest BCUT2D eigenvalue weighted by atomic mass is 10.3. The molecule has 0 radical (unpaired) electrons. The molecule has 0 saturated heterocycles. The molecule has 0 bridgehead atoms. The van der Waals surface area contributed by atoms with Crippen LogP contribution >= 0.6 is 11.9 Å². The summed E-state index contributed by atoms with van der Waals surface area (Å²) in [4.78, 5) is 30.4. The summed E-state index contributed by atoms with van der Waals surface area (Å²) in [6.45, 7) is 3.90. The Balaban J connectivity index is 2.20. The van der Waals surface area contributed by atoms with E-state index >= 15 is 0 Å². The molecule has 26 heavy (non-hydrogen) atoms. The number of nitrogens with one attached hydrogen (secondary N) is 1. The molecule has 1 aromatic carbocycles. The van der Waals surface area contributed by atoms with Crippen LogP contribution in [-0.2, 0) is 0 Å². The van der Waals surface area contributed by atoms with Crippen LogP contribution in [0, 0.1) is 0 Å². The standard InChI is InChI=1S/C15H20N4O6S/c1-5-24-14-16-18(15(21)19(14)25-6-2)13(20)17-26-12-9-10(22-3)7-8-11(12)23-4/h7-9H,5-6H2,1-4H3,(H,17,20). The van der Waals surface area contributed by atoms with E-state index in [1.54, 1.807) is 32.0 Å². The van der Waals surface area contributed by atoms with Crippen LogP contribution in [0.2, 0.25) is 0 Å². The molecular weight excluding hydrogens is 364 g/mol. The van der Waals surface area contributed by atoms with E-state index < -0.39 is 11.7 Å². The smallest absolute Gasteiger partial charge is 0.391 e. The molecule has 2 rings (SSSR count). The van der Waals surface area contributed by atoms with Crippen LogP contribution < -0.4 is 29.5 Å². The number of ether oxygens (including phenoxy) is 3. The molecule has 142 valence electrons. The highest BCUT2D eigenvalue weighted by Gasteiger charge is 2.21. The molecular formula is C15H20N4O6S. The van der Waals surface area contributed by atoms with E-state index in [0.717, 1.165) is 16.7 Å². The quantitative estimate of drug-likeness (QED) is 0.676. The third kappa shape index (κ3) is 4.23. The van der Waals surface area contributed by atoms with Gasteiger partial charge < -0.3 is 19.0 Å².